The first-order chi connectivity index (χ1) is 9.88. The molecule has 0 fully saturated rings. The number of alkyl halides is 3. The fraction of sp³-hybridized carbons (Fsp3) is 0.294. The molecule has 0 bridgehead atoms. The van der Waals surface area contributed by atoms with Crippen molar-refractivity contribution in [3.05, 3.63) is 70.8 Å². The van der Waals surface area contributed by atoms with Crippen molar-refractivity contribution in [2.24, 2.45) is 5.73 Å². The molecule has 0 aromatic heterocycles. The second-order valence-electron chi connectivity index (χ2n) is 4.51. The lowest BCUT2D eigenvalue weighted by Gasteiger charge is -2.15. The maximum absolute atomic E-state index is 12.6. The SMILES string of the molecule is CC.Cc1ccc(C(N)c2cccc(C(F)(F)F)c2)cc1. The van der Waals surface area contributed by atoms with Gasteiger partial charge in [0, 0.05) is 0 Å². The molecular weight excluding hydrogens is 275 g/mol. The zero-order valence-electron chi connectivity index (χ0n) is 12.4. The van der Waals surface area contributed by atoms with Gasteiger partial charge in [-0.2, -0.15) is 13.2 Å². The minimum Gasteiger partial charge on any atom is -0.320 e. The summed E-state index contributed by atoms with van der Waals surface area (Å²) in [4.78, 5) is 0. The van der Waals surface area contributed by atoms with E-state index in [0.29, 0.717) is 5.56 Å². The van der Waals surface area contributed by atoms with Crippen LogP contribution in [0.2, 0.25) is 0 Å². The zero-order valence-corrected chi connectivity index (χ0v) is 12.4. The number of aryl methyl sites for hydroxylation is 1. The molecule has 0 amide bonds. The van der Waals surface area contributed by atoms with Gasteiger partial charge in [-0.25, -0.2) is 0 Å². The maximum Gasteiger partial charge on any atom is 0.416 e. The predicted octanol–water partition coefficient (Wildman–Crippen LogP) is 5.09. The summed E-state index contributed by atoms with van der Waals surface area (Å²) in [6.07, 6.45) is -4.34. The van der Waals surface area contributed by atoms with E-state index < -0.39 is 17.8 Å². The van der Waals surface area contributed by atoms with Crippen LogP contribution in [-0.2, 0) is 6.18 Å². The van der Waals surface area contributed by atoms with Crippen molar-refractivity contribution in [2.45, 2.75) is 33.0 Å². The van der Waals surface area contributed by atoms with Gasteiger partial charge in [-0.15, -0.1) is 0 Å². The van der Waals surface area contributed by atoms with E-state index in [0.717, 1.165) is 23.3 Å². The largest absolute Gasteiger partial charge is 0.416 e. The first-order valence-corrected chi connectivity index (χ1v) is 6.87. The second kappa shape index (κ2) is 7.27. The van der Waals surface area contributed by atoms with Gasteiger partial charge in [-0.1, -0.05) is 55.8 Å². The third kappa shape index (κ3) is 4.60. The highest BCUT2D eigenvalue weighted by molar-refractivity contribution is 5.35. The summed E-state index contributed by atoms with van der Waals surface area (Å²) in [5, 5.41) is 0. The van der Waals surface area contributed by atoms with Crippen LogP contribution in [0.3, 0.4) is 0 Å². The lowest BCUT2D eigenvalue weighted by molar-refractivity contribution is -0.137. The highest BCUT2D eigenvalue weighted by atomic mass is 19.4. The summed E-state index contributed by atoms with van der Waals surface area (Å²) < 4.78 is 37.9. The van der Waals surface area contributed by atoms with E-state index in [2.05, 4.69) is 0 Å². The van der Waals surface area contributed by atoms with E-state index >= 15 is 0 Å². The van der Waals surface area contributed by atoms with E-state index in [1.807, 2.05) is 45.0 Å². The molecule has 21 heavy (non-hydrogen) atoms. The molecule has 1 atom stereocenters. The third-order valence-electron chi connectivity index (χ3n) is 3.01. The second-order valence-corrected chi connectivity index (χ2v) is 4.51. The fourth-order valence-electron chi connectivity index (χ4n) is 1.87. The summed E-state index contributed by atoms with van der Waals surface area (Å²) in [5.74, 6) is 0. The highest BCUT2D eigenvalue weighted by Crippen LogP contribution is 2.31. The number of rotatable bonds is 2. The first kappa shape index (κ1) is 17.2. The number of nitrogens with two attached hydrogens (primary N) is 1. The van der Waals surface area contributed by atoms with Gasteiger partial charge in [0.25, 0.3) is 0 Å². The normalized spacial score (nSPS) is 12.3. The van der Waals surface area contributed by atoms with Gasteiger partial charge in [0.1, 0.15) is 0 Å². The van der Waals surface area contributed by atoms with Crippen LogP contribution >= 0.6 is 0 Å². The topological polar surface area (TPSA) is 26.0 Å². The first-order valence-electron chi connectivity index (χ1n) is 6.87. The van der Waals surface area contributed by atoms with E-state index in [1.165, 1.54) is 6.07 Å². The Labute approximate surface area is 123 Å². The van der Waals surface area contributed by atoms with E-state index in [9.17, 15) is 13.2 Å². The quantitative estimate of drug-likeness (QED) is 0.820. The minimum atomic E-state index is -4.34. The lowest BCUT2D eigenvalue weighted by Crippen LogP contribution is -2.13. The molecule has 0 aliphatic heterocycles. The van der Waals surface area contributed by atoms with Gasteiger partial charge < -0.3 is 5.73 Å². The fourth-order valence-corrected chi connectivity index (χ4v) is 1.87. The zero-order chi connectivity index (χ0) is 16.0. The minimum absolute atomic E-state index is 0.457. The van der Waals surface area contributed by atoms with Gasteiger partial charge in [0.15, 0.2) is 0 Å². The molecule has 0 aliphatic rings. The molecule has 1 unspecified atom stereocenters. The molecule has 0 saturated carbocycles. The molecule has 2 aromatic rings. The molecule has 2 N–H and O–H groups in total. The molecule has 0 saturated heterocycles. The van der Waals surface area contributed by atoms with Crippen molar-refractivity contribution in [1.82, 2.24) is 0 Å². The summed E-state index contributed by atoms with van der Waals surface area (Å²) in [6.45, 7) is 5.94. The molecule has 114 valence electrons. The smallest absolute Gasteiger partial charge is 0.320 e. The Kier molecular flexibility index (Phi) is 5.97. The summed E-state index contributed by atoms with van der Waals surface area (Å²) >= 11 is 0. The Morgan fingerprint density at radius 1 is 0.905 bits per heavy atom. The average molecular weight is 295 g/mol. The molecule has 1 nitrogen and oxygen atoms in total. The van der Waals surface area contributed by atoms with E-state index in [1.54, 1.807) is 6.07 Å². The Balaban J connectivity index is 0.00000106. The van der Waals surface area contributed by atoms with Gasteiger partial charge in [-0.3, -0.25) is 0 Å². The standard InChI is InChI=1S/C15H14F3N.C2H6/c1-10-5-7-11(8-6-10)14(19)12-3-2-4-13(9-12)15(16,17)18;1-2/h2-9,14H,19H2,1H3;1-2H3. The molecule has 0 heterocycles. The lowest BCUT2D eigenvalue weighted by atomic mass is 9.97. The van der Waals surface area contributed by atoms with Crippen molar-refractivity contribution in [3.63, 3.8) is 0 Å². The van der Waals surface area contributed by atoms with E-state index in [4.69, 9.17) is 5.73 Å². The van der Waals surface area contributed by atoms with E-state index in [-0.39, 0.29) is 0 Å². The summed E-state index contributed by atoms with van der Waals surface area (Å²) in [6, 6.07) is 12.0. The van der Waals surface area contributed by atoms with Gasteiger partial charge >= 0.3 is 6.18 Å². The van der Waals surface area contributed by atoms with Crippen LogP contribution < -0.4 is 5.73 Å². The highest BCUT2D eigenvalue weighted by Gasteiger charge is 2.30. The molecule has 2 aromatic carbocycles. The third-order valence-corrected chi connectivity index (χ3v) is 3.01. The Hall–Kier alpha value is -1.81. The number of hydrogen-bond acceptors (Lipinski definition) is 1. The number of hydrogen-bond donors (Lipinski definition) is 1. The van der Waals surface area contributed by atoms with Crippen LogP contribution in [0.1, 0.15) is 42.1 Å². The van der Waals surface area contributed by atoms with Gasteiger partial charge in [0.2, 0.25) is 0 Å². The number of halogens is 3. The molecule has 0 aliphatic carbocycles. The van der Waals surface area contributed by atoms with Crippen molar-refractivity contribution in [2.75, 3.05) is 0 Å². The number of benzene rings is 2. The summed E-state index contributed by atoms with van der Waals surface area (Å²) in [7, 11) is 0. The van der Waals surface area contributed by atoms with Gasteiger partial charge in [0.05, 0.1) is 11.6 Å². The molecule has 2 rings (SSSR count). The maximum atomic E-state index is 12.6. The Morgan fingerprint density at radius 2 is 1.48 bits per heavy atom. The van der Waals surface area contributed by atoms with Crippen LogP contribution in [-0.4, -0.2) is 0 Å². The predicted molar refractivity (Wildman–Crippen MR) is 80.0 cm³/mol. The molecule has 0 spiro atoms. The summed E-state index contributed by atoms with van der Waals surface area (Å²) in [5.41, 5.74) is 7.67. The Morgan fingerprint density at radius 3 is 2.00 bits per heavy atom. The van der Waals surface area contributed by atoms with Crippen molar-refractivity contribution in [3.8, 4) is 0 Å². The van der Waals surface area contributed by atoms with Crippen molar-refractivity contribution in [1.29, 1.82) is 0 Å². The average Bonchev–Trinajstić information content (AvgIpc) is 2.49. The van der Waals surface area contributed by atoms with Crippen LogP contribution in [0.25, 0.3) is 0 Å². The van der Waals surface area contributed by atoms with Gasteiger partial charge in [-0.05, 0) is 30.2 Å². The van der Waals surface area contributed by atoms with Crippen LogP contribution in [0.4, 0.5) is 13.2 Å². The molecule has 0 radical (unpaired) electrons. The van der Waals surface area contributed by atoms with Crippen molar-refractivity contribution < 1.29 is 13.2 Å². The van der Waals surface area contributed by atoms with Crippen molar-refractivity contribution >= 4 is 0 Å². The van der Waals surface area contributed by atoms with Crippen LogP contribution in [0, 0.1) is 6.92 Å². The Bertz CT molecular complexity index is 559. The van der Waals surface area contributed by atoms with Crippen LogP contribution in [0.15, 0.2) is 48.5 Å². The monoisotopic (exact) mass is 295 g/mol. The van der Waals surface area contributed by atoms with Crippen LogP contribution in [0.5, 0.6) is 0 Å². The molecular formula is C17H20F3N. The molecule has 4 heteroatoms.